The van der Waals surface area contributed by atoms with Gasteiger partial charge in [-0.1, -0.05) is 29.7 Å². The summed E-state index contributed by atoms with van der Waals surface area (Å²) in [7, 11) is 1.59. The maximum atomic E-state index is 13.6. The van der Waals surface area contributed by atoms with Crippen molar-refractivity contribution in [1.29, 1.82) is 0 Å². The average Bonchev–Trinajstić information content (AvgIpc) is 3.60. The number of nitrogens with one attached hydrogen (secondary N) is 1. The summed E-state index contributed by atoms with van der Waals surface area (Å²) in [5.41, 5.74) is 1.59. The second-order valence-corrected chi connectivity index (χ2v) is 11.3. The molecule has 182 valence electrons. The number of amides is 2. The van der Waals surface area contributed by atoms with E-state index in [0.29, 0.717) is 30.9 Å². The standard InChI is InChI=1S/C25H32N4O3S2/c1-5-22(30)29-11-10-28(9-8-17(29)3)24(31)19-13-21(16(2)12-20(19)32-4)33-23-15-27-25(34-23)26-14-18-6-7-18/h5,12-13,15,17-18H,1,6-11,14H2,2-4H3,(H,26,27)/t17-/m1/s1. The van der Waals surface area contributed by atoms with E-state index in [-0.39, 0.29) is 17.9 Å². The molecule has 1 aromatic heterocycles. The highest BCUT2D eigenvalue weighted by molar-refractivity contribution is 8.01. The minimum atomic E-state index is -0.0936. The van der Waals surface area contributed by atoms with Gasteiger partial charge in [0.15, 0.2) is 5.13 Å². The van der Waals surface area contributed by atoms with E-state index in [1.807, 2.05) is 37.1 Å². The van der Waals surface area contributed by atoms with E-state index in [1.165, 1.54) is 18.9 Å². The van der Waals surface area contributed by atoms with E-state index in [9.17, 15) is 9.59 Å². The SMILES string of the molecule is C=CC(=O)N1CCN(C(=O)c2cc(Sc3cnc(NCC4CC4)s3)c(C)cc2OC)CC[C@H]1C. The number of anilines is 1. The van der Waals surface area contributed by atoms with Gasteiger partial charge in [-0.05, 0) is 62.8 Å². The molecule has 1 atom stereocenters. The Morgan fingerprint density at radius 3 is 2.79 bits per heavy atom. The highest BCUT2D eigenvalue weighted by Crippen LogP contribution is 2.39. The fourth-order valence-electron chi connectivity index (χ4n) is 4.04. The number of hydrogen-bond acceptors (Lipinski definition) is 7. The second-order valence-electron chi connectivity index (χ2n) is 8.89. The van der Waals surface area contributed by atoms with Crippen molar-refractivity contribution in [3.63, 3.8) is 0 Å². The number of rotatable bonds is 8. The van der Waals surface area contributed by atoms with Crippen LogP contribution in [0.25, 0.3) is 0 Å². The van der Waals surface area contributed by atoms with E-state index < -0.39 is 0 Å². The van der Waals surface area contributed by atoms with Crippen LogP contribution in [-0.2, 0) is 4.79 Å². The molecule has 2 heterocycles. The fraction of sp³-hybridized carbons (Fsp3) is 0.480. The highest BCUT2D eigenvalue weighted by atomic mass is 32.2. The molecule has 34 heavy (non-hydrogen) atoms. The van der Waals surface area contributed by atoms with Crippen LogP contribution < -0.4 is 10.1 Å². The number of benzene rings is 1. The number of nitrogens with zero attached hydrogens (tertiary/aromatic N) is 3. The molecule has 0 spiro atoms. The summed E-state index contributed by atoms with van der Waals surface area (Å²) in [6.07, 6.45) is 6.56. The van der Waals surface area contributed by atoms with Crippen molar-refractivity contribution in [1.82, 2.24) is 14.8 Å². The number of ether oxygens (including phenoxy) is 1. The molecule has 7 nitrogen and oxygen atoms in total. The Hall–Kier alpha value is -2.52. The van der Waals surface area contributed by atoms with Gasteiger partial charge in [0.2, 0.25) is 5.91 Å². The van der Waals surface area contributed by atoms with Crippen LogP contribution in [0.1, 0.15) is 42.1 Å². The van der Waals surface area contributed by atoms with Gasteiger partial charge >= 0.3 is 0 Å². The highest BCUT2D eigenvalue weighted by Gasteiger charge is 2.28. The lowest BCUT2D eigenvalue weighted by Crippen LogP contribution is -2.39. The Labute approximate surface area is 209 Å². The van der Waals surface area contributed by atoms with Gasteiger partial charge in [-0.2, -0.15) is 0 Å². The maximum absolute atomic E-state index is 13.6. The van der Waals surface area contributed by atoms with E-state index in [4.69, 9.17) is 4.74 Å². The molecule has 2 aliphatic rings. The minimum absolute atomic E-state index is 0.0587. The monoisotopic (exact) mass is 500 g/mol. The van der Waals surface area contributed by atoms with Crippen molar-refractivity contribution < 1.29 is 14.3 Å². The molecule has 1 aromatic carbocycles. The van der Waals surface area contributed by atoms with Crippen molar-refractivity contribution >= 4 is 40.0 Å². The summed E-state index contributed by atoms with van der Waals surface area (Å²) < 4.78 is 6.66. The van der Waals surface area contributed by atoms with Crippen LogP contribution in [0.15, 0.2) is 40.1 Å². The number of hydrogen-bond donors (Lipinski definition) is 1. The van der Waals surface area contributed by atoms with Gasteiger partial charge in [-0.25, -0.2) is 4.98 Å². The largest absolute Gasteiger partial charge is 0.496 e. The van der Waals surface area contributed by atoms with Crippen LogP contribution in [0, 0.1) is 12.8 Å². The van der Waals surface area contributed by atoms with Gasteiger partial charge in [0.1, 0.15) is 5.75 Å². The van der Waals surface area contributed by atoms with Crippen molar-refractivity contribution in [2.75, 3.05) is 38.6 Å². The molecular formula is C25H32N4O3S2. The second kappa shape index (κ2) is 10.8. The van der Waals surface area contributed by atoms with Crippen LogP contribution in [0.5, 0.6) is 5.75 Å². The molecule has 0 bridgehead atoms. The van der Waals surface area contributed by atoms with E-state index in [2.05, 4.69) is 16.9 Å². The normalized spacial score (nSPS) is 18.4. The molecule has 0 radical (unpaired) electrons. The fourth-order valence-corrected chi connectivity index (χ4v) is 5.98. The van der Waals surface area contributed by atoms with Crippen molar-refractivity contribution in [3.05, 3.63) is 42.1 Å². The third kappa shape index (κ3) is 5.75. The zero-order valence-electron chi connectivity index (χ0n) is 20.0. The number of carbonyl (C=O) groups excluding carboxylic acids is 2. The number of carbonyl (C=O) groups is 2. The van der Waals surface area contributed by atoms with Gasteiger partial charge in [-0.3, -0.25) is 9.59 Å². The molecule has 2 amide bonds. The number of aryl methyl sites for hydroxylation is 1. The molecular weight excluding hydrogens is 468 g/mol. The molecule has 0 unspecified atom stereocenters. The molecule has 4 rings (SSSR count). The Kier molecular flexibility index (Phi) is 7.83. The van der Waals surface area contributed by atoms with Crippen molar-refractivity contribution in [2.45, 2.75) is 48.3 Å². The van der Waals surface area contributed by atoms with Gasteiger partial charge in [-0.15, -0.1) is 0 Å². The summed E-state index contributed by atoms with van der Waals surface area (Å²) in [6.45, 7) is 10.2. The first kappa shape index (κ1) is 24.6. The first-order valence-electron chi connectivity index (χ1n) is 11.7. The molecule has 1 aliphatic carbocycles. The van der Waals surface area contributed by atoms with Crippen LogP contribution in [0.2, 0.25) is 0 Å². The van der Waals surface area contributed by atoms with Gasteiger partial charge in [0, 0.05) is 37.1 Å². The third-order valence-electron chi connectivity index (χ3n) is 6.37. The lowest BCUT2D eigenvalue weighted by molar-refractivity contribution is -0.127. The van der Waals surface area contributed by atoms with Crippen LogP contribution in [0.3, 0.4) is 0 Å². The van der Waals surface area contributed by atoms with E-state index >= 15 is 0 Å². The molecule has 1 saturated carbocycles. The minimum Gasteiger partial charge on any atom is -0.496 e. The topological polar surface area (TPSA) is 74.8 Å². The number of thiazole rings is 1. The summed E-state index contributed by atoms with van der Waals surface area (Å²) in [5.74, 6) is 1.19. The zero-order chi connectivity index (χ0) is 24.2. The maximum Gasteiger partial charge on any atom is 0.257 e. The van der Waals surface area contributed by atoms with Gasteiger partial charge in [0.25, 0.3) is 5.91 Å². The lowest BCUT2D eigenvalue weighted by Gasteiger charge is -2.25. The summed E-state index contributed by atoms with van der Waals surface area (Å²) in [4.78, 5) is 34.9. The van der Waals surface area contributed by atoms with Crippen LogP contribution in [-0.4, -0.2) is 65.9 Å². The lowest BCUT2D eigenvalue weighted by atomic mass is 10.1. The number of aromatic nitrogens is 1. The molecule has 2 fully saturated rings. The summed E-state index contributed by atoms with van der Waals surface area (Å²) in [5, 5.41) is 4.36. The van der Waals surface area contributed by atoms with E-state index in [1.54, 1.807) is 35.1 Å². The molecule has 1 N–H and O–H groups in total. The molecule has 1 aliphatic heterocycles. The van der Waals surface area contributed by atoms with Crippen LogP contribution in [0.4, 0.5) is 5.13 Å². The first-order valence-corrected chi connectivity index (χ1v) is 13.3. The predicted octanol–water partition coefficient (Wildman–Crippen LogP) is 4.68. The Morgan fingerprint density at radius 1 is 1.29 bits per heavy atom. The van der Waals surface area contributed by atoms with Gasteiger partial charge < -0.3 is 19.9 Å². The Balaban J connectivity index is 1.50. The van der Waals surface area contributed by atoms with E-state index in [0.717, 1.165) is 38.7 Å². The average molecular weight is 501 g/mol. The summed E-state index contributed by atoms with van der Waals surface area (Å²) in [6, 6.07) is 3.92. The Bertz CT molecular complexity index is 1070. The molecule has 2 aromatic rings. The molecule has 9 heteroatoms. The Morgan fingerprint density at radius 2 is 2.09 bits per heavy atom. The quantitative estimate of drug-likeness (QED) is 0.531. The van der Waals surface area contributed by atoms with Crippen LogP contribution >= 0.6 is 23.1 Å². The first-order chi connectivity index (χ1) is 16.4. The third-order valence-corrected chi connectivity index (χ3v) is 8.58. The number of methoxy groups -OCH3 is 1. The smallest absolute Gasteiger partial charge is 0.257 e. The molecule has 1 saturated heterocycles. The summed E-state index contributed by atoms with van der Waals surface area (Å²) >= 11 is 3.25. The zero-order valence-corrected chi connectivity index (χ0v) is 21.6. The van der Waals surface area contributed by atoms with Crippen molar-refractivity contribution in [3.8, 4) is 5.75 Å². The van der Waals surface area contributed by atoms with Crippen molar-refractivity contribution in [2.24, 2.45) is 5.92 Å². The van der Waals surface area contributed by atoms with Gasteiger partial charge in [0.05, 0.1) is 23.1 Å². The predicted molar refractivity (Wildman–Crippen MR) is 137 cm³/mol.